The number of hydrogen-bond acceptors (Lipinski definition) is 3. The van der Waals surface area contributed by atoms with Crippen LogP contribution in [0.1, 0.15) is 57.0 Å². The summed E-state index contributed by atoms with van der Waals surface area (Å²) in [5, 5.41) is 3.81. The van der Waals surface area contributed by atoms with Crippen LogP contribution in [0, 0.1) is 0 Å². The SMILES string of the molecule is [2H]C([2H])([2H])C([2H])(n1cc(B2OC(C)(C)C(C)(C)O2)cn1)C([2H])([2H])[2H]. The summed E-state index contributed by atoms with van der Waals surface area (Å²) in [6, 6.07) is -2.90. The molecule has 0 bridgehead atoms. The molecule has 0 unspecified atom stereocenters. The van der Waals surface area contributed by atoms with Gasteiger partial charge in [-0.05, 0) is 41.4 Å². The molecule has 0 amide bonds. The standard InChI is InChI=1S/C12H21BN2O2/c1-9(2)15-8-10(7-14-15)13-16-11(3,4)12(5,6)17-13/h7-9H,1-6H3/i1D3,2D3,9D. The van der Waals surface area contributed by atoms with Crippen molar-refractivity contribution < 1.29 is 18.9 Å². The van der Waals surface area contributed by atoms with Crippen molar-refractivity contribution in [2.75, 3.05) is 0 Å². The highest BCUT2D eigenvalue weighted by Gasteiger charge is 2.52. The molecule has 0 aromatic carbocycles. The molecular weight excluding hydrogens is 215 g/mol. The third-order valence-corrected chi connectivity index (χ3v) is 3.36. The maximum atomic E-state index is 8.10. The van der Waals surface area contributed by atoms with Gasteiger partial charge in [0.15, 0.2) is 0 Å². The van der Waals surface area contributed by atoms with Gasteiger partial charge in [-0.25, -0.2) is 0 Å². The molecule has 1 aromatic rings. The summed E-state index contributed by atoms with van der Waals surface area (Å²) in [6.45, 7) is 1.23. The molecule has 2 heterocycles. The fourth-order valence-electron chi connectivity index (χ4n) is 1.56. The molecule has 0 N–H and O–H groups in total. The first-order chi connectivity index (χ1) is 10.5. The maximum absolute atomic E-state index is 8.10. The average molecular weight is 243 g/mol. The minimum absolute atomic E-state index is 0.360. The van der Waals surface area contributed by atoms with E-state index < -0.39 is 38.0 Å². The van der Waals surface area contributed by atoms with Gasteiger partial charge in [0.05, 0.1) is 12.6 Å². The molecular formula is C12H21BN2O2. The van der Waals surface area contributed by atoms with Crippen LogP contribution in [0.15, 0.2) is 12.4 Å². The third-order valence-electron chi connectivity index (χ3n) is 3.36. The Kier molecular flexibility index (Phi) is 1.45. The van der Waals surface area contributed by atoms with Crippen molar-refractivity contribution in [3.05, 3.63) is 12.4 Å². The number of nitrogens with zero attached hydrogens (tertiary/aromatic N) is 2. The molecule has 1 fully saturated rings. The van der Waals surface area contributed by atoms with E-state index in [1.54, 1.807) is 0 Å². The van der Waals surface area contributed by atoms with Crippen LogP contribution < -0.4 is 5.46 Å². The summed E-state index contributed by atoms with van der Waals surface area (Å²) in [4.78, 5) is 0. The first kappa shape index (κ1) is 6.39. The van der Waals surface area contributed by atoms with Crippen molar-refractivity contribution in [2.24, 2.45) is 0 Å². The van der Waals surface area contributed by atoms with Gasteiger partial charge in [0.25, 0.3) is 0 Å². The molecule has 0 saturated carbocycles. The van der Waals surface area contributed by atoms with E-state index in [1.807, 2.05) is 27.7 Å². The first-order valence-corrected chi connectivity index (χ1v) is 5.44. The second-order valence-electron chi connectivity index (χ2n) is 5.16. The van der Waals surface area contributed by atoms with Gasteiger partial charge in [0.2, 0.25) is 0 Å². The van der Waals surface area contributed by atoms with Gasteiger partial charge in [0.1, 0.15) is 0 Å². The zero-order valence-corrected chi connectivity index (χ0v) is 10.4. The quantitative estimate of drug-likeness (QED) is 0.742. The molecule has 17 heavy (non-hydrogen) atoms. The molecule has 0 aliphatic carbocycles. The van der Waals surface area contributed by atoms with Crippen molar-refractivity contribution in [2.45, 2.75) is 58.6 Å². The van der Waals surface area contributed by atoms with Crippen LogP contribution in [0.5, 0.6) is 0 Å². The first-order valence-electron chi connectivity index (χ1n) is 8.94. The molecule has 0 radical (unpaired) electrons. The lowest BCUT2D eigenvalue weighted by atomic mass is 9.82. The third kappa shape index (κ3) is 2.14. The Labute approximate surface area is 113 Å². The van der Waals surface area contributed by atoms with E-state index >= 15 is 0 Å². The van der Waals surface area contributed by atoms with Gasteiger partial charge in [-0.3, -0.25) is 4.68 Å². The minimum Gasteiger partial charge on any atom is -0.399 e. The molecule has 0 spiro atoms. The molecule has 94 valence electrons. The molecule has 4 nitrogen and oxygen atoms in total. The van der Waals surface area contributed by atoms with Crippen LogP contribution in [-0.4, -0.2) is 28.1 Å². The Bertz CT molecular complexity index is 594. The number of rotatable bonds is 2. The monoisotopic (exact) mass is 243 g/mol. The highest BCUT2D eigenvalue weighted by Crippen LogP contribution is 2.36. The van der Waals surface area contributed by atoms with E-state index in [0.29, 0.717) is 10.1 Å². The molecule has 0 atom stereocenters. The summed E-state index contributed by atoms with van der Waals surface area (Å²) in [6.07, 6.45) is 2.46. The molecule has 1 saturated heterocycles. The molecule has 1 aliphatic rings. The van der Waals surface area contributed by atoms with Crippen molar-refractivity contribution in [1.82, 2.24) is 9.78 Å². The van der Waals surface area contributed by atoms with Gasteiger partial charge < -0.3 is 9.31 Å². The van der Waals surface area contributed by atoms with Gasteiger partial charge in [-0.15, -0.1) is 0 Å². The summed E-state index contributed by atoms with van der Waals surface area (Å²) in [7, 11) is -0.818. The maximum Gasteiger partial charge on any atom is 0.498 e. The van der Waals surface area contributed by atoms with Crippen LogP contribution in [0.4, 0.5) is 0 Å². The zero-order chi connectivity index (χ0) is 18.8. The summed E-state index contributed by atoms with van der Waals surface area (Å²) >= 11 is 0. The molecule has 1 aliphatic heterocycles. The van der Waals surface area contributed by atoms with Crippen LogP contribution in [0.25, 0.3) is 0 Å². The van der Waals surface area contributed by atoms with Crippen molar-refractivity contribution >= 4 is 12.6 Å². The Hall–Kier alpha value is -0.805. The Morgan fingerprint density at radius 2 is 1.94 bits per heavy atom. The fourth-order valence-corrected chi connectivity index (χ4v) is 1.56. The lowest BCUT2D eigenvalue weighted by Gasteiger charge is -2.32. The second-order valence-corrected chi connectivity index (χ2v) is 5.16. The van der Waals surface area contributed by atoms with Gasteiger partial charge in [-0.1, -0.05) is 0 Å². The average Bonchev–Trinajstić information content (AvgIpc) is 2.89. The van der Waals surface area contributed by atoms with Crippen LogP contribution >= 0.6 is 0 Å². The van der Waals surface area contributed by atoms with Gasteiger partial charge in [-0.2, -0.15) is 5.10 Å². The van der Waals surface area contributed by atoms with E-state index in [1.165, 1.54) is 12.4 Å². The fraction of sp³-hybridized carbons (Fsp3) is 0.750. The molecule has 2 rings (SSSR count). The van der Waals surface area contributed by atoms with Crippen LogP contribution in [-0.2, 0) is 9.31 Å². The van der Waals surface area contributed by atoms with Crippen LogP contribution in [0.3, 0.4) is 0 Å². The Morgan fingerprint density at radius 3 is 2.47 bits per heavy atom. The normalized spacial score (nSPS) is 30.6. The van der Waals surface area contributed by atoms with Gasteiger partial charge in [0, 0.05) is 32.1 Å². The summed E-state index contributed by atoms with van der Waals surface area (Å²) in [5.74, 6) is 0. The Morgan fingerprint density at radius 1 is 1.35 bits per heavy atom. The predicted octanol–water partition coefficient (Wildman–Crippen LogP) is 1.76. The second kappa shape index (κ2) is 3.85. The zero-order valence-electron chi connectivity index (χ0n) is 17.4. The topological polar surface area (TPSA) is 36.3 Å². The highest BCUT2D eigenvalue weighted by molar-refractivity contribution is 6.61. The Balaban J connectivity index is 2.41. The van der Waals surface area contributed by atoms with E-state index in [2.05, 4.69) is 5.10 Å². The highest BCUT2D eigenvalue weighted by atomic mass is 16.7. The van der Waals surface area contributed by atoms with Gasteiger partial charge >= 0.3 is 7.12 Å². The largest absolute Gasteiger partial charge is 0.498 e. The molecule has 5 heteroatoms. The lowest BCUT2D eigenvalue weighted by molar-refractivity contribution is 0.00578. The van der Waals surface area contributed by atoms with E-state index in [9.17, 15) is 0 Å². The summed E-state index contributed by atoms with van der Waals surface area (Å²) in [5.41, 5.74) is -0.851. The summed E-state index contributed by atoms with van der Waals surface area (Å²) < 4.78 is 65.3. The predicted molar refractivity (Wildman–Crippen MR) is 68.3 cm³/mol. The van der Waals surface area contributed by atoms with E-state index in [-0.39, 0.29) is 0 Å². The van der Waals surface area contributed by atoms with Crippen molar-refractivity contribution in [1.29, 1.82) is 0 Å². The number of aromatic nitrogens is 2. The smallest absolute Gasteiger partial charge is 0.399 e. The van der Waals surface area contributed by atoms with Crippen molar-refractivity contribution in [3.63, 3.8) is 0 Å². The van der Waals surface area contributed by atoms with E-state index in [4.69, 9.17) is 18.9 Å². The molecule has 1 aromatic heterocycles. The lowest BCUT2D eigenvalue weighted by Crippen LogP contribution is -2.41. The van der Waals surface area contributed by atoms with E-state index in [0.717, 1.165) is 0 Å². The van der Waals surface area contributed by atoms with Crippen LogP contribution in [0.2, 0.25) is 0 Å². The minimum atomic E-state index is -3.10. The van der Waals surface area contributed by atoms with Crippen molar-refractivity contribution in [3.8, 4) is 0 Å². The number of hydrogen-bond donors (Lipinski definition) is 0.